The lowest BCUT2D eigenvalue weighted by Gasteiger charge is -2.30. The minimum absolute atomic E-state index is 0.0115. The van der Waals surface area contributed by atoms with Crippen molar-refractivity contribution in [3.63, 3.8) is 0 Å². The fourth-order valence-electron chi connectivity index (χ4n) is 4.58. The van der Waals surface area contributed by atoms with Crippen LogP contribution < -0.4 is 4.74 Å². The van der Waals surface area contributed by atoms with E-state index in [9.17, 15) is 9.18 Å². The predicted molar refractivity (Wildman–Crippen MR) is 121 cm³/mol. The third-order valence-electron chi connectivity index (χ3n) is 6.11. The van der Waals surface area contributed by atoms with E-state index >= 15 is 0 Å². The van der Waals surface area contributed by atoms with Gasteiger partial charge in [-0.25, -0.2) is 9.37 Å². The summed E-state index contributed by atoms with van der Waals surface area (Å²) in [7, 11) is 1.63. The maximum Gasteiger partial charge on any atom is 0.254 e. The number of allylic oxidation sites excluding steroid dienone is 2. The molecule has 0 N–H and O–H groups in total. The number of imidazole rings is 1. The summed E-state index contributed by atoms with van der Waals surface area (Å²) in [6, 6.07) is 12.3. The molecule has 5 nitrogen and oxygen atoms in total. The number of methoxy groups -OCH3 is 1. The zero-order chi connectivity index (χ0) is 22.2. The Balaban J connectivity index is 1.45. The number of aromatic nitrogens is 2. The Bertz CT molecular complexity index is 1260. The molecule has 1 fully saturated rings. The van der Waals surface area contributed by atoms with Crippen molar-refractivity contribution in [2.45, 2.75) is 32.2 Å². The van der Waals surface area contributed by atoms with Crippen LogP contribution in [0.2, 0.25) is 0 Å². The summed E-state index contributed by atoms with van der Waals surface area (Å²) >= 11 is 0. The Morgan fingerprint density at radius 2 is 2.09 bits per heavy atom. The Morgan fingerprint density at radius 3 is 2.84 bits per heavy atom. The summed E-state index contributed by atoms with van der Waals surface area (Å²) in [4.78, 5) is 19.5. The Kier molecular flexibility index (Phi) is 5.13. The summed E-state index contributed by atoms with van der Waals surface area (Å²) in [5.41, 5.74) is 5.29. The molecular weight excluding hydrogens is 405 g/mol. The normalized spacial score (nSPS) is 19.3. The standard InChI is InChI=1S/C26H24FN3O2/c1-17-15-29(16-28-17)24-10-6-18(13-25(24)32-2)12-20-7-8-22-9-11-23(30(22)26(20)31)19-4-3-5-21(27)14-19/h3-6,8,10,12-16,23H,7,9,11H2,1-2H3/t23-/m0/s1. The van der Waals surface area contributed by atoms with E-state index in [1.54, 1.807) is 19.5 Å². The first-order valence-corrected chi connectivity index (χ1v) is 10.7. The summed E-state index contributed by atoms with van der Waals surface area (Å²) in [5.74, 6) is 0.415. The average molecular weight is 429 g/mol. The number of benzene rings is 2. The van der Waals surface area contributed by atoms with Crippen molar-refractivity contribution < 1.29 is 13.9 Å². The van der Waals surface area contributed by atoms with Crippen molar-refractivity contribution in [1.29, 1.82) is 0 Å². The van der Waals surface area contributed by atoms with Gasteiger partial charge in [-0.3, -0.25) is 4.79 Å². The fraction of sp³-hybridized carbons (Fsp3) is 0.231. The van der Waals surface area contributed by atoms with E-state index in [1.807, 2.05) is 52.9 Å². The SMILES string of the molecule is COc1cc(C=C2CC=C3CC[C@@H](c4cccc(F)c4)N3C2=O)ccc1-n1cnc(C)c1. The van der Waals surface area contributed by atoms with Gasteiger partial charge in [-0.05, 0) is 67.7 Å². The molecule has 2 aliphatic heterocycles. The summed E-state index contributed by atoms with van der Waals surface area (Å²) in [6.45, 7) is 1.94. The van der Waals surface area contributed by atoms with Gasteiger partial charge in [-0.1, -0.05) is 24.3 Å². The zero-order valence-electron chi connectivity index (χ0n) is 18.1. The molecule has 0 bridgehead atoms. The molecule has 0 saturated carbocycles. The molecule has 3 aromatic rings. The molecule has 2 aliphatic rings. The van der Waals surface area contributed by atoms with Crippen LogP contribution >= 0.6 is 0 Å². The Morgan fingerprint density at radius 1 is 1.22 bits per heavy atom. The van der Waals surface area contributed by atoms with Crippen molar-refractivity contribution in [2.75, 3.05) is 7.11 Å². The summed E-state index contributed by atoms with van der Waals surface area (Å²) in [5, 5.41) is 0. The summed E-state index contributed by atoms with van der Waals surface area (Å²) < 4.78 is 21.3. The smallest absolute Gasteiger partial charge is 0.254 e. The number of ether oxygens (including phenoxy) is 1. The molecule has 0 aliphatic carbocycles. The van der Waals surface area contributed by atoms with Gasteiger partial charge in [0.2, 0.25) is 0 Å². The largest absolute Gasteiger partial charge is 0.495 e. The van der Waals surface area contributed by atoms with Crippen LogP contribution in [0.3, 0.4) is 0 Å². The van der Waals surface area contributed by atoms with Crippen LogP contribution in [0.1, 0.15) is 42.1 Å². The highest BCUT2D eigenvalue weighted by atomic mass is 19.1. The van der Waals surface area contributed by atoms with Crippen LogP contribution in [0.25, 0.3) is 11.8 Å². The molecule has 3 heterocycles. The quantitative estimate of drug-likeness (QED) is 0.525. The third kappa shape index (κ3) is 3.62. The average Bonchev–Trinajstić information content (AvgIpc) is 3.42. The molecule has 6 heteroatoms. The number of rotatable bonds is 4. The maximum absolute atomic E-state index is 13.8. The van der Waals surface area contributed by atoms with E-state index < -0.39 is 0 Å². The molecule has 162 valence electrons. The highest BCUT2D eigenvalue weighted by Gasteiger charge is 2.37. The minimum atomic E-state index is -0.277. The highest BCUT2D eigenvalue weighted by molar-refractivity contribution is 6.00. The minimum Gasteiger partial charge on any atom is -0.495 e. The Hall–Kier alpha value is -3.67. The number of fused-ring (bicyclic) bond motifs is 1. The molecule has 5 rings (SSSR count). The van der Waals surface area contributed by atoms with E-state index in [4.69, 9.17) is 4.74 Å². The lowest BCUT2D eigenvalue weighted by atomic mass is 10.0. The van der Waals surface area contributed by atoms with Crippen LogP contribution in [0, 0.1) is 12.7 Å². The monoisotopic (exact) mass is 429 g/mol. The molecule has 0 spiro atoms. The number of carbonyl (C=O) groups is 1. The first kappa shape index (κ1) is 20.2. The number of carbonyl (C=O) groups excluding carboxylic acids is 1. The lowest BCUT2D eigenvalue weighted by molar-refractivity contribution is -0.126. The third-order valence-corrected chi connectivity index (χ3v) is 6.11. The molecule has 0 unspecified atom stereocenters. The van der Waals surface area contributed by atoms with E-state index in [0.29, 0.717) is 17.7 Å². The van der Waals surface area contributed by atoms with E-state index in [2.05, 4.69) is 11.1 Å². The van der Waals surface area contributed by atoms with Crippen LogP contribution in [-0.2, 0) is 4.79 Å². The van der Waals surface area contributed by atoms with Crippen molar-refractivity contribution in [3.05, 3.63) is 95.0 Å². The number of hydrogen-bond donors (Lipinski definition) is 0. The molecule has 2 aromatic carbocycles. The lowest BCUT2D eigenvalue weighted by Crippen LogP contribution is -2.33. The van der Waals surface area contributed by atoms with Gasteiger partial charge in [0.25, 0.3) is 5.91 Å². The van der Waals surface area contributed by atoms with Crippen LogP contribution in [-0.4, -0.2) is 27.5 Å². The molecule has 1 atom stereocenters. The molecule has 32 heavy (non-hydrogen) atoms. The maximum atomic E-state index is 13.8. The van der Waals surface area contributed by atoms with Crippen molar-refractivity contribution in [3.8, 4) is 11.4 Å². The van der Waals surface area contributed by atoms with Gasteiger partial charge in [0.15, 0.2) is 0 Å². The molecule has 1 aromatic heterocycles. The van der Waals surface area contributed by atoms with E-state index in [0.717, 1.165) is 41.0 Å². The van der Waals surface area contributed by atoms with Gasteiger partial charge in [0.1, 0.15) is 11.6 Å². The number of halogens is 1. The van der Waals surface area contributed by atoms with Crippen LogP contribution in [0.15, 0.2) is 72.3 Å². The van der Waals surface area contributed by atoms with E-state index in [1.165, 1.54) is 12.1 Å². The highest BCUT2D eigenvalue weighted by Crippen LogP contribution is 2.42. The second-order valence-corrected chi connectivity index (χ2v) is 8.21. The second-order valence-electron chi connectivity index (χ2n) is 8.21. The number of aryl methyl sites for hydroxylation is 1. The fourth-order valence-corrected chi connectivity index (χ4v) is 4.58. The first-order chi connectivity index (χ1) is 15.5. The first-order valence-electron chi connectivity index (χ1n) is 10.7. The molecule has 0 radical (unpaired) electrons. The van der Waals surface area contributed by atoms with Gasteiger partial charge in [0.05, 0.1) is 30.9 Å². The molecule has 1 amide bonds. The van der Waals surface area contributed by atoms with Gasteiger partial charge in [-0.2, -0.15) is 0 Å². The molecule has 1 saturated heterocycles. The molecular formula is C26H24FN3O2. The van der Waals surface area contributed by atoms with Crippen LogP contribution in [0.5, 0.6) is 5.75 Å². The van der Waals surface area contributed by atoms with Crippen LogP contribution in [0.4, 0.5) is 4.39 Å². The van der Waals surface area contributed by atoms with Crippen molar-refractivity contribution >= 4 is 12.0 Å². The number of nitrogens with zero attached hydrogens (tertiary/aromatic N) is 3. The predicted octanol–water partition coefficient (Wildman–Crippen LogP) is 5.36. The summed E-state index contributed by atoms with van der Waals surface area (Å²) in [6.07, 6.45) is 9.95. The van der Waals surface area contributed by atoms with Gasteiger partial charge < -0.3 is 14.2 Å². The van der Waals surface area contributed by atoms with Gasteiger partial charge in [0, 0.05) is 17.5 Å². The van der Waals surface area contributed by atoms with E-state index in [-0.39, 0.29) is 17.8 Å². The number of amides is 1. The zero-order valence-corrected chi connectivity index (χ0v) is 18.1. The topological polar surface area (TPSA) is 47.4 Å². The second kappa shape index (κ2) is 8.11. The van der Waals surface area contributed by atoms with Crippen molar-refractivity contribution in [2.24, 2.45) is 0 Å². The Labute approximate surface area is 186 Å². The van der Waals surface area contributed by atoms with Crippen molar-refractivity contribution in [1.82, 2.24) is 14.5 Å². The van der Waals surface area contributed by atoms with Gasteiger partial charge in [-0.15, -0.1) is 0 Å². The van der Waals surface area contributed by atoms with Gasteiger partial charge >= 0.3 is 0 Å². The number of hydrogen-bond acceptors (Lipinski definition) is 3.